The summed E-state index contributed by atoms with van der Waals surface area (Å²) in [6.45, 7) is 10.1. The number of aliphatic imine (C=N–C) groups is 1. The summed E-state index contributed by atoms with van der Waals surface area (Å²) in [5.41, 5.74) is 11.1. The van der Waals surface area contributed by atoms with E-state index in [4.69, 9.17) is 44.4 Å². The number of aliphatic hydroxyl groups is 2. The van der Waals surface area contributed by atoms with Gasteiger partial charge in [0.1, 0.15) is 0 Å². The zero-order valence-corrected chi connectivity index (χ0v) is 32.1. The molecule has 4 aromatic carbocycles. The maximum atomic E-state index is 10.0. The predicted molar refractivity (Wildman–Crippen MR) is 219 cm³/mol. The molecule has 0 aromatic heterocycles. The Labute approximate surface area is 316 Å². The molecule has 0 saturated heterocycles. The van der Waals surface area contributed by atoms with E-state index in [1.807, 2.05) is 97.1 Å². The number of rotatable bonds is 8. The van der Waals surface area contributed by atoms with Crippen LogP contribution in [0.25, 0.3) is 0 Å². The van der Waals surface area contributed by atoms with Crippen LogP contribution in [0, 0.1) is 5.41 Å². The van der Waals surface area contributed by atoms with Gasteiger partial charge >= 0.3 is 0 Å². The Kier molecular flexibility index (Phi) is 22.7. The summed E-state index contributed by atoms with van der Waals surface area (Å²) >= 11 is 9.53. The number of halogens is 2. The molecule has 4 atom stereocenters. The predicted octanol–water partition coefficient (Wildman–Crippen LogP) is 9.17. The highest BCUT2D eigenvalue weighted by atomic mass is 35.5. The molecule has 2 aliphatic rings. The van der Waals surface area contributed by atoms with Gasteiger partial charge < -0.3 is 20.8 Å². The third-order valence-electron chi connectivity index (χ3n) is 8.83. The minimum atomic E-state index is -0.294. The molecule has 2 fully saturated rings. The molecule has 0 heterocycles. The van der Waals surface area contributed by atoms with Crippen molar-refractivity contribution in [3.05, 3.63) is 144 Å². The molecule has 5 N–H and O–H groups in total. The summed E-state index contributed by atoms with van der Waals surface area (Å²) in [6.07, 6.45) is 5.41. The van der Waals surface area contributed by atoms with Gasteiger partial charge in [-0.3, -0.25) is 10.4 Å². The first-order chi connectivity index (χ1) is 24.8. The molecule has 0 bridgehead atoms. The summed E-state index contributed by atoms with van der Waals surface area (Å²) in [5, 5.41) is 27.1. The largest absolute Gasteiger partial charge is 0.392 e. The SMILES string of the molecule is CCN(CC)CC.ClCCl.N=C(c1ccccc1)c1ccccc1.N[C@@H]1CCC[C@H]1O.O[C@@H]1CCC[C@H]1N=C(c1ccccc1)c1ccccc1. The van der Waals surface area contributed by atoms with Crippen LogP contribution in [0.15, 0.2) is 126 Å². The maximum Gasteiger partial charge on any atom is 0.0967 e. The first kappa shape index (κ1) is 43.8. The summed E-state index contributed by atoms with van der Waals surface area (Å²) in [4.78, 5) is 7.24. The minimum Gasteiger partial charge on any atom is -0.392 e. The van der Waals surface area contributed by atoms with Crippen molar-refractivity contribution in [3.8, 4) is 0 Å². The summed E-state index contributed by atoms with van der Waals surface area (Å²) in [6, 6.07) is 40.1. The van der Waals surface area contributed by atoms with Crippen LogP contribution in [0.5, 0.6) is 0 Å². The number of alkyl halides is 2. The Bertz CT molecular complexity index is 1380. The van der Waals surface area contributed by atoms with Crippen LogP contribution < -0.4 is 5.73 Å². The lowest BCUT2D eigenvalue weighted by atomic mass is 10.0. The first-order valence-electron chi connectivity index (χ1n) is 18.1. The highest BCUT2D eigenvalue weighted by Crippen LogP contribution is 2.24. The molecular weight excluding hydrogens is 675 g/mol. The van der Waals surface area contributed by atoms with E-state index in [-0.39, 0.29) is 29.6 Å². The molecule has 0 spiro atoms. The monoisotopic (exact) mass is 732 g/mol. The van der Waals surface area contributed by atoms with Gasteiger partial charge in [-0.05, 0) is 69.3 Å². The topological polar surface area (TPSA) is 106 Å². The van der Waals surface area contributed by atoms with Crippen LogP contribution in [0.1, 0.15) is 81.5 Å². The Morgan fingerprint density at radius 1 is 0.627 bits per heavy atom. The number of nitrogens with one attached hydrogen (secondary N) is 1. The van der Waals surface area contributed by atoms with E-state index in [2.05, 4.69) is 49.9 Å². The van der Waals surface area contributed by atoms with Gasteiger partial charge in [-0.2, -0.15) is 0 Å². The van der Waals surface area contributed by atoms with Crippen molar-refractivity contribution < 1.29 is 10.2 Å². The molecular formula is C43H58Cl2N4O2. The van der Waals surface area contributed by atoms with Gasteiger partial charge in [-0.15, -0.1) is 23.2 Å². The standard InChI is InChI=1S/C18H19NO.C13H11N.C6H15N.C5H11NO.CH2Cl2/c20-17-13-7-12-16(17)19-18(14-8-3-1-4-9-14)15-10-5-2-6-11-15;14-13(11-7-3-1-4-8-11)12-9-5-2-6-10-12;1-4-7(5-2)6-3;6-4-2-1-3-5(4)7;2-1-3/h1-6,8-11,16-17,20H,7,12-13H2;1-10,14H;4-6H2,1-3H3;4-5,7H,1-3,6H2;1H2/t16-,17-;;;4-,5-;/m1..1./s1. The Morgan fingerprint density at radius 3 is 1.24 bits per heavy atom. The highest BCUT2D eigenvalue weighted by molar-refractivity contribution is 6.40. The Balaban J connectivity index is 0.000000252. The summed E-state index contributed by atoms with van der Waals surface area (Å²) in [5.74, 6) is 0. The highest BCUT2D eigenvalue weighted by Gasteiger charge is 2.25. The van der Waals surface area contributed by atoms with Crippen molar-refractivity contribution in [1.82, 2.24) is 4.90 Å². The fourth-order valence-corrected chi connectivity index (χ4v) is 5.76. The molecule has 8 heteroatoms. The Morgan fingerprint density at radius 2 is 0.980 bits per heavy atom. The number of hydrogen-bond acceptors (Lipinski definition) is 6. The fourth-order valence-electron chi connectivity index (χ4n) is 5.76. The quantitative estimate of drug-likeness (QED) is 0.107. The van der Waals surface area contributed by atoms with Crippen molar-refractivity contribution in [2.24, 2.45) is 10.7 Å². The van der Waals surface area contributed by atoms with Crippen molar-refractivity contribution in [1.29, 1.82) is 5.41 Å². The normalized spacial score (nSPS) is 18.7. The van der Waals surface area contributed by atoms with Gasteiger partial charge in [-0.1, -0.05) is 142 Å². The lowest BCUT2D eigenvalue weighted by Crippen LogP contribution is -2.28. The summed E-state index contributed by atoms with van der Waals surface area (Å²) in [7, 11) is 0. The van der Waals surface area contributed by atoms with Crippen molar-refractivity contribution in [2.75, 3.05) is 25.0 Å². The van der Waals surface area contributed by atoms with E-state index in [0.29, 0.717) is 5.71 Å². The number of aliphatic hydroxyl groups excluding tert-OH is 2. The molecule has 6 rings (SSSR count). The van der Waals surface area contributed by atoms with E-state index >= 15 is 0 Å². The molecule has 2 aliphatic carbocycles. The van der Waals surface area contributed by atoms with Gasteiger partial charge in [0.15, 0.2) is 0 Å². The molecule has 2 saturated carbocycles. The van der Waals surface area contributed by atoms with Gasteiger partial charge in [0.25, 0.3) is 0 Å². The molecule has 0 amide bonds. The van der Waals surface area contributed by atoms with Crippen LogP contribution in [0.3, 0.4) is 0 Å². The van der Waals surface area contributed by atoms with E-state index < -0.39 is 0 Å². The van der Waals surface area contributed by atoms with Crippen LogP contribution >= 0.6 is 23.2 Å². The average molecular weight is 734 g/mol. The Hall–Kier alpha value is -3.36. The van der Waals surface area contributed by atoms with Gasteiger partial charge in [0, 0.05) is 17.2 Å². The van der Waals surface area contributed by atoms with Crippen LogP contribution in [0.2, 0.25) is 0 Å². The minimum absolute atomic E-state index is 0.0328. The van der Waals surface area contributed by atoms with E-state index in [0.717, 1.165) is 66.5 Å². The molecule has 276 valence electrons. The van der Waals surface area contributed by atoms with E-state index in [9.17, 15) is 5.11 Å². The number of benzene rings is 4. The second kappa shape index (κ2) is 26.4. The van der Waals surface area contributed by atoms with Crippen molar-refractivity contribution in [3.63, 3.8) is 0 Å². The maximum absolute atomic E-state index is 10.0. The lowest BCUT2D eigenvalue weighted by Gasteiger charge is -2.14. The molecule has 0 radical (unpaired) electrons. The first-order valence-corrected chi connectivity index (χ1v) is 19.2. The second-order valence-electron chi connectivity index (χ2n) is 12.3. The molecule has 0 aliphatic heterocycles. The molecule has 4 aromatic rings. The van der Waals surface area contributed by atoms with Crippen LogP contribution in [-0.2, 0) is 0 Å². The number of nitrogens with two attached hydrogens (primary N) is 1. The average Bonchev–Trinajstić information content (AvgIpc) is 3.78. The number of hydrogen-bond donors (Lipinski definition) is 4. The van der Waals surface area contributed by atoms with Gasteiger partial charge in [-0.25, -0.2) is 0 Å². The molecule has 0 unspecified atom stereocenters. The third kappa shape index (κ3) is 16.7. The zero-order valence-electron chi connectivity index (χ0n) is 30.5. The molecule has 6 nitrogen and oxygen atoms in total. The van der Waals surface area contributed by atoms with E-state index in [1.54, 1.807) is 0 Å². The lowest BCUT2D eigenvalue weighted by molar-refractivity contribution is 0.165. The van der Waals surface area contributed by atoms with Crippen LogP contribution in [0.4, 0.5) is 0 Å². The zero-order chi connectivity index (χ0) is 37.3. The van der Waals surface area contributed by atoms with Crippen LogP contribution in [-0.4, -0.2) is 75.8 Å². The van der Waals surface area contributed by atoms with Gasteiger partial charge in [0.05, 0.1) is 35.0 Å². The van der Waals surface area contributed by atoms with Crippen molar-refractivity contribution in [2.45, 2.75) is 83.6 Å². The molecule has 51 heavy (non-hydrogen) atoms. The third-order valence-corrected chi connectivity index (χ3v) is 8.83. The van der Waals surface area contributed by atoms with E-state index in [1.165, 1.54) is 19.6 Å². The number of nitrogens with zero attached hydrogens (tertiary/aromatic N) is 2. The smallest absolute Gasteiger partial charge is 0.0967 e. The van der Waals surface area contributed by atoms with Gasteiger partial charge in [0.2, 0.25) is 0 Å². The second-order valence-corrected chi connectivity index (χ2v) is 13.1. The summed E-state index contributed by atoms with van der Waals surface area (Å²) < 4.78 is 0. The fraction of sp³-hybridized carbons (Fsp3) is 0.395. The van der Waals surface area contributed by atoms with Crippen molar-refractivity contribution >= 4 is 34.6 Å².